The minimum Gasteiger partial charge on any atom is -0.299 e. The predicted octanol–water partition coefficient (Wildman–Crippen LogP) is 3.86. The van der Waals surface area contributed by atoms with E-state index in [1.54, 1.807) is 0 Å². The van der Waals surface area contributed by atoms with Gasteiger partial charge in [0, 0.05) is 5.02 Å². The van der Waals surface area contributed by atoms with Crippen LogP contribution in [0.4, 0.5) is 0 Å². The van der Waals surface area contributed by atoms with Gasteiger partial charge in [-0.15, -0.1) is 0 Å². The van der Waals surface area contributed by atoms with Crippen molar-refractivity contribution < 1.29 is 4.79 Å². The Bertz CT molecular complexity index is 468. The quantitative estimate of drug-likeness (QED) is 0.811. The van der Waals surface area contributed by atoms with E-state index in [0.717, 1.165) is 11.1 Å². The summed E-state index contributed by atoms with van der Waals surface area (Å²) >= 11 is 5.80. The summed E-state index contributed by atoms with van der Waals surface area (Å²) in [7, 11) is 0. The number of rotatable bonds is 4. The third-order valence-corrected chi connectivity index (χ3v) is 2.86. The van der Waals surface area contributed by atoms with E-state index < -0.39 is 5.92 Å². The lowest BCUT2D eigenvalue weighted by Gasteiger charge is -2.04. The van der Waals surface area contributed by atoms with Gasteiger partial charge in [-0.25, -0.2) is 0 Å². The topological polar surface area (TPSA) is 40.9 Å². The molecule has 0 aliphatic rings. The van der Waals surface area contributed by atoms with E-state index in [2.05, 4.69) is 0 Å². The smallest absolute Gasteiger partial charge is 0.147 e. The molecule has 2 nitrogen and oxygen atoms in total. The number of hydrogen-bond acceptors (Lipinski definition) is 2. The molecule has 1 atom stereocenters. The van der Waals surface area contributed by atoms with Gasteiger partial charge in [0.2, 0.25) is 0 Å². The molecule has 1 unspecified atom stereocenters. The standard InChI is InChI=1S/C14H14ClNO/c1-10(3-4-13(9-16)11(2)17)12-5-7-14(15)8-6-12/h3,5-8,13H,4H2,1-2H3/b10-3-. The molecule has 0 saturated heterocycles. The van der Waals surface area contributed by atoms with Crippen LogP contribution in [0, 0.1) is 17.2 Å². The lowest BCUT2D eigenvalue weighted by atomic mass is 9.99. The van der Waals surface area contributed by atoms with Crippen molar-refractivity contribution in [2.75, 3.05) is 0 Å². The lowest BCUT2D eigenvalue weighted by Crippen LogP contribution is -2.06. The first-order chi connectivity index (χ1) is 8.04. The highest BCUT2D eigenvalue weighted by molar-refractivity contribution is 6.30. The zero-order chi connectivity index (χ0) is 12.8. The van der Waals surface area contributed by atoms with Crippen LogP contribution in [0.2, 0.25) is 5.02 Å². The Balaban J connectivity index is 2.76. The summed E-state index contributed by atoms with van der Waals surface area (Å²) in [6.07, 6.45) is 2.37. The maximum absolute atomic E-state index is 11.1. The molecule has 0 aromatic heterocycles. The predicted molar refractivity (Wildman–Crippen MR) is 69.5 cm³/mol. The molecule has 1 aromatic rings. The molecule has 0 radical (unpaired) electrons. The lowest BCUT2D eigenvalue weighted by molar-refractivity contribution is -0.119. The molecular formula is C14H14ClNO. The van der Waals surface area contributed by atoms with Gasteiger partial charge in [0.15, 0.2) is 0 Å². The van der Waals surface area contributed by atoms with Crippen LogP contribution < -0.4 is 0 Å². The summed E-state index contributed by atoms with van der Waals surface area (Å²) in [5.74, 6) is -0.634. The van der Waals surface area contributed by atoms with Gasteiger partial charge >= 0.3 is 0 Å². The summed E-state index contributed by atoms with van der Waals surface area (Å²) in [5.41, 5.74) is 2.10. The number of halogens is 1. The van der Waals surface area contributed by atoms with Crippen LogP contribution in [-0.4, -0.2) is 5.78 Å². The Labute approximate surface area is 107 Å². The van der Waals surface area contributed by atoms with E-state index in [4.69, 9.17) is 16.9 Å². The number of benzene rings is 1. The molecule has 0 aliphatic heterocycles. The molecule has 3 heteroatoms. The van der Waals surface area contributed by atoms with Crippen molar-refractivity contribution >= 4 is 23.0 Å². The fourth-order valence-electron chi connectivity index (χ4n) is 1.43. The second kappa shape index (κ2) is 6.22. The molecule has 0 fully saturated rings. The van der Waals surface area contributed by atoms with Gasteiger partial charge in [-0.1, -0.05) is 29.8 Å². The normalized spacial score (nSPS) is 12.9. The minimum atomic E-state index is -0.544. The molecular weight excluding hydrogens is 234 g/mol. The molecule has 17 heavy (non-hydrogen) atoms. The molecule has 1 rings (SSSR count). The van der Waals surface area contributed by atoms with Crippen molar-refractivity contribution in [3.63, 3.8) is 0 Å². The molecule has 1 aromatic carbocycles. The van der Waals surface area contributed by atoms with Crippen LogP contribution in [0.5, 0.6) is 0 Å². The number of carbonyl (C=O) groups is 1. The summed E-state index contributed by atoms with van der Waals surface area (Å²) in [5, 5.41) is 9.49. The van der Waals surface area contributed by atoms with Gasteiger partial charge in [-0.2, -0.15) is 5.26 Å². The van der Waals surface area contributed by atoms with Crippen LogP contribution in [-0.2, 0) is 4.79 Å². The molecule has 0 heterocycles. The van der Waals surface area contributed by atoms with Gasteiger partial charge in [0.25, 0.3) is 0 Å². The Morgan fingerprint density at radius 1 is 1.41 bits per heavy atom. The monoisotopic (exact) mass is 247 g/mol. The molecule has 0 aliphatic carbocycles. The van der Waals surface area contributed by atoms with Gasteiger partial charge < -0.3 is 0 Å². The zero-order valence-electron chi connectivity index (χ0n) is 9.90. The third-order valence-electron chi connectivity index (χ3n) is 2.61. The second-order valence-corrected chi connectivity index (χ2v) is 4.36. The molecule has 0 amide bonds. The summed E-state index contributed by atoms with van der Waals surface area (Å²) in [6.45, 7) is 3.40. The first-order valence-electron chi connectivity index (χ1n) is 5.37. The largest absolute Gasteiger partial charge is 0.299 e. The van der Waals surface area contributed by atoms with Gasteiger partial charge in [0.05, 0.1) is 6.07 Å². The Morgan fingerprint density at radius 2 is 2.00 bits per heavy atom. The highest BCUT2D eigenvalue weighted by atomic mass is 35.5. The van der Waals surface area contributed by atoms with Crippen molar-refractivity contribution in [1.29, 1.82) is 5.26 Å². The van der Waals surface area contributed by atoms with Gasteiger partial charge in [-0.3, -0.25) is 4.79 Å². The molecule has 0 N–H and O–H groups in total. The third kappa shape index (κ3) is 4.05. The van der Waals surface area contributed by atoms with E-state index in [-0.39, 0.29) is 5.78 Å². The SMILES string of the molecule is CC(=O)C(C#N)C/C=C(/C)c1ccc(Cl)cc1. The molecule has 0 spiro atoms. The van der Waals surface area contributed by atoms with Gasteiger partial charge in [0.1, 0.15) is 11.7 Å². The van der Waals surface area contributed by atoms with Crippen molar-refractivity contribution in [1.82, 2.24) is 0 Å². The summed E-state index contributed by atoms with van der Waals surface area (Å²) < 4.78 is 0. The average Bonchev–Trinajstić information content (AvgIpc) is 2.30. The van der Waals surface area contributed by atoms with Crippen molar-refractivity contribution in [2.45, 2.75) is 20.3 Å². The number of allylic oxidation sites excluding steroid dienone is 2. The van der Waals surface area contributed by atoms with E-state index in [0.29, 0.717) is 11.4 Å². The number of nitrogens with zero attached hydrogens (tertiary/aromatic N) is 1. The van der Waals surface area contributed by atoms with E-state index >= 15 is 0 Å². The van der Waals surface area contributed by atoms with Crippen LogP contribution in [0.1, 0.15) is 25.8 Å². The zero-order valence-corrected chi connectivity index (χ0v) is 10.7. The van der Waals surface area contributed by atoms with Crippen molar-refractivity contribution in [3.8, 4) is 6.07 Å². The first kappa shape index (κ1) is 13.5. The molecule has 88 valence electrons. The van der Waals surface area contributed by atoms with E-state index in [9.17, 15) is 4.79 Å². The summed E-state index contributed by atoms with van der Waals surface area (Å²) in [4.78, 5) is 11.1. The Morgan fingerprint density at radius 3 is 2.47 bits per heavy atom. The fraction of sp³-hybridized carbons (Fsp3) is 0.286. The number of hydrogen-bond donors (Lipinski definition) is 0. The first-order valence-corrected chi connectivity index (χ1v) is 5.75. The highest BCUT2D eigenvalue weighted by Crippen LogP contribution is 2.18. The number of Topliss-reactive ketones (excluding diaryl/α,β-unsaturated/α-hetero) is 1. The minimum absolute atomic E-state index is 0.0901. The number of carbonyl (C=O) groups excluding carboxylic acids is 1. The van der Waals surface area contributed by atoms with Crippen LogP contribution in [0.25, 0.3) is 5.57 Å². The maximum atomic E-state index is 11.1. The second-order valence-electron chi connectivity index (χ2n) is 3.92. The highest BCUT2D eigenvalue weighted by Gasteiger charge is 2.10. The van der Waals surface area contributed by atoms with E-state index in [1.807, 2.05) is 43.3 Å². The number of nitriles is 1. The molecule has 0 saturated carbocycles. The Hall–Kier alpha value is -1.59. The maximum Gasteiger partial charge on any atom is 0.147 e. The van der Waals surface area contributed by atoms with Crippen molar-refractivity contribution in [2.24, 2.45) is 5.92 Å². The van der Waals surface area contributed by atoms with Crippen LogP contribution in [0.15, 0.2) is 30.3 Å². The average molecular weight is 248 g/mol. The molecule has 0 bridgehead atoms. The number of ketones is 1. The van der Waals surface area contributed by atoms with Crippen LogP contribution >= 0.6 is 11.6 Å². The van der Waals surface area contributed by atoms with Crippen LogP contribution in [0.3, 0.4) is 0 Å². The Kier molecular flexibility index (Phi) is 4.93. The van der Waals surface area contributed by atoms with E-state index in [1.165, 1.54) is 6.92 Å². The fourth-order valence-corrected chi connectivity index (χ4v) is 1.56. The summed E-state index contributed by atoms with van der Waals surface area (Å²) in [6, 6.07) is 9.48. The van der Waals surface area contributed by atoms with Crippen molar-refractivity contribution in [3.05, 3.63) is 40.9 Å². The van der Waals surface area contributed by atoms with Gasteiger partial charge in [-0.05, 0) is 43.5 Å².